The predicted octanol–water partition coefficient (Wildman–Crippen LogP) is 4.13. The Morgan fingerprint density at radius 2 is 2.14 bits per heavy atom. The maximum Gasteiger partial charge on any atom is 0.237 e. The van der Waals surface area contributed by atoms with Crippen molar-refractivity contribution >= 4 is 35.0 Å². The normalized spacial score (nSPS) is 12.0. The van der Waals surface area contributed by atoms with Crippen molar-refractivity contribution in [2.45, 2.75) is 17.2 Å². The van der Waals surface area contributed by atoms with Crippen LogP contribution in [-0.2, 0) is 4.79 Å². The molecule has 1 amide bonds. The molecule has 1 unspecified atom stereocenters. The number of nitrogens with one attached hydrogen (secondary N) is 1. The molecule has 2 aromatic rings. The van der Waals surface area contributed by atoms with Gasteiger partial charge in [-0.15, -0.1) is 0 Å². The van der Waals surface area contributed by atoms with Gasteiger partial charge >= 0.3 is 0 Å². The highest BCUT2D eigenvalue weighted by atomic mass is 35.5. The number of hydrogen-bond donors (Lipinski definition) is 1. The monoisotopic (exact) mass is 328 g/mol. The topological polar surface area (TPSA) is 42.0 Å². The molecule has 1 heterocycles. The quantitative estimate of drug-likeness (QED) is 0.858. The van der Waals surface area contributed by atoms with Crippen LogP contribution in [0.2, 0.25) is 5.02 Å². The first kappa shape index (κ1) is 15.7. The Balaban J connectivity index is 2.06. The van der Waals surface area contributed by atoms with E-state index in [9.17, 15) is 13.6 Å². The van der Waals surface area contributed by atoms with Gasteiger partial charge in [-0.05, 0) is 31.2 Å². The first-order chi connectivity index (χ1) is 9.97. The number of rotatable bonds is 4. The number of carbonyl (C=O) groups excluding carboxylic acids is 1. The van der Waals surface area contributed by atoms with Crippen molar-refractivity contribution in [1.29, 1.82) is 0 Å². The van der Waals surface area contributed by atoms with Crippen LogP contribution >= 0.6 is 23.4 Å². The zero-order chi connectivity index (χ0) is 15.4. The fraction of sp³-hybridized carbons (Fsp3) is 0.143. The van der Waals surface area contributed by atoms with Gasteiger partial charge in [-0.25, -0.2) is 13.8 Å². The van der Waals surface area contributed by atoms with Crippen LogP contribution in [0.1, 0.15) is 6.92 Å². The zero-order valence-electron chi connectivity index (χ0n) is 10.9. The van der Waals surface area contributed by atoms with Gasteiger partial charge in [-0.2, -0.15) is 0 Å². The lowest BCUT2D eigenvalue weighted by molar-refractivity contribution is -0.115. The summed E-state index contributed by atoms with van der Waals surface area (Å²) in [4.78, 5) is 16.1. The van der Waals surface area contributed by atoms with Crippen molar-refractivity contribution in [2.24, 2.45) is 0 Å². The lowest BCUT2D eigenvalue weighted by Crippen LogP contribution is -2.23. The minimum Gasteiger partial charge on any atom is -0.323 e. The maximum absolute atomic E-state index is 13.5. The Labute approximate surface area is 129 Å². The van der Waals surface area contributed by atoms with Crippen LogP contribution in [0.15, 0.2) is 41.6 Å². The minimum atomic E-state index is -0.696. The van der Waals surface area contributed by atoms with Crippen molar-refractivity contribution < 1.29 is 13.6 Å². The van der Waals surface area contributed by atoms with Gasteiger partial charge in [0.15, 0.2) is 0 Å². The third-order valence-electron chi connectivity index (χ3n) is 2.57. The Morgan fingerprint density at radius 1 is 1.38 bits per heavy atom. The smallest absolute Gasteiger partial charge is 0.237 e. The maximum atomic E-state index is 13.5. The predicted molar refractivity (Wildman–Crippen MR) is 79.6 cm³/mol. The molecule has 1 atom stereocenters. The van der Waals surface area contributed by atoms with E-state index in [0.717, 1.165) is 30.0 Å². The molecule has 0 saturated heterocycles. The van der Waals surface area contributed by atoms with E-state index in [1.54, 1.807) is 25.3 Å². The molecule has 110 valence electrons. The first-order valence-corrected chi connectivity index (χ1v) is 7.26. The van der Waals surface area contributed by atoms with Crippen LogP contribution in [0.25, 0.3) is 0 Å². The average Bonchev–Trinajstić information content (AvgIpc) is 2.45. The fourth-order valence-corrected chi connectivity index (χ4v) is 2.56. The number of benzene rings is 1. The van der Waals surface area contributed by atoms with E-state index in [-0.39, 0.29) is 5.69 Å². The summed E-state index contributed by atoms with van der Waals surface area (Å²) < 4.78 is 26.5. The van der Waals surface area contributed by atoms with E-state index >= 15 is 0 Å². The summed E-state index contributed by atoms with van der Waals surface area (Å²) >= 11 is 7.09. The number of hydrogen-bond acceptors (Lipinski definition) is 3. The summed E-state index contributed by atoms with van der Waals surface area (Å²) in [6, 6.07) is 6.21. The summed E-state index contributed by atoms with van der Waals surface area (Å²) in [5.41, 5.74) is -0.195. The van der Waals surface area contributed by atoms with Crippen LogP contribution in [0.5, 0.6) is 0 Å². The van der Waals surface area contributed by atoms with Crippen LogP contribution in [0.3, 0.4) is 0 Å². The molecular formula is C14H11ClF2N2OS. The third-order valence-corrected chi connectivity index (χ3v) is 4.10. The van der Waals surface area contributed by atoms with Crippen LogP contribution < -0.4 is 5.32 Å². The molecule has 3 nitrogen and oxygen atoms in total. The van der Waals surface area contributed by atoms with Gasteiger partial charge in [0.2, 0.25) is 5.91 Å². The molecule has 0 spiro atoms. The molecule has 0 radical (unpaired) electrons. The average molecular weight is 329 g/mol. The molecule has 2 rings (SSSR count). The summed E-state index contributed by atoms with van der Waals surface area (Å²) in [7, 11) is 0. The highest BCUT2D eigenvalue weighted by Crippen LogP contribution is 2.28. The fourth-order valence-electron chi connectivity index (χ4n) is 1.51. The highest BCUT2D eigenvalue weighted by molar-refractivity contribution is 8.00. The lowest BCUT2D eigenvalue weighted by Gasteiger charge is -2.12. The number of nitrogens with zero attached hydrogens (tertiary/aromatic N) is 1. The van der Waals surface area contributed by atoms with Crippen LogP contribution in [-0.4, -0.2) is 16.1 Å². The number of pyridine rings is 1. The SMILES string of the molecule is CC(Sc1ncccc1Cl)C(=O)Nc1cc(F)ccc1F. The van der Waals surface area contributed by atoms with Gasteiger partial charge in [-0.3, -0.25) is 4.79 Å². The summed E-state index contributed by atoms with van der Waals surface area (Å²) in [6.45, 7) is 1.63. The van der Waals surface area contributed by atoms with Crippen LogP contribution in [0, 0.1) is 11.6 Å². The van der Waals surface area contributed by atoms with Crippen molar-refractivity contribution in [3.8, 4) is 0 Å². The molecule has 0 aliphatic carbocycles. The van der Waals surface area contributed by atoms with E-state index in [1.807, 2.05) is 0 Å². The minimum absolute atomic E-state index is 0.195. The van der Waals surface area contributed by atoms with E-state index in [4.69, 9.17) is 11.6 Å². The molecule has 0 saturated carbocycles. The van der Waals surface area contributed by atoms with Crippen LogP contribution in [0.4, 0.5) is 14.5 Å². The molecule has 7 heteroatoms. The second-order valence-corrected chi connectivity index (χ2v) is 5.90. The zero-order valence-corrected chi connectivity index (χ0v) is 12.5. The van der Waals surface area contributed by atoms with Crippen molar-refractivity contribution in [3.63, 3.8) is 0 Å². The number of halogens is 3. The molecule has 0 aliphatic heterocycles. The number of carbonyl (C=O) groups is 1. The Kier molecular flexibility index (Phi) is 5.14. The van der Waals surface area contributed by atoms with Crippen molar-refractivity contribution in [3.05, 3.63) is 53.2 Å². The molecule has 0 fully saturated rings. The molecule has 0 aliphatic rings. The van der Waals surface area contributed by atoms with Gasteiger partial charge < -0.3 is 5.32 Å². The van der Waals surface area contributed by atoms with E-state index in [1.165, 1.54) is 0 Å². The summed E-state index contributed by atoms with van der Waals surface area (Å²) in [5.74, 6) is -1.79. The summed E-state index contributed by atoms with van der Waals surface area (Å²) in [5, 5.41) is 2.71. The second-order valence-electron chi connectivity index (χ2n) is 4.16. The van der Waals surface area contributed by atoms with E-state index < -0.39 is 22.8 Å². The third kappa shape index (κ3) is 4.15. The summed E-state index contributed by atoms with van der Waals surface area (Å²) in [6.07, 6.45) is 1.56. The van der Waals surface area contributed by atoms with Crippen molar-refractivity contribution in [2.75, 3.05) is 5.32 Å². The van der Waals surface area contributed by atoms with E-state index in [0.29, 0.717) is 10.0 Å². The molecular weight excluding hydrogens is 318 g/mol. The molecule has 1 N–H and O–H groups in total. The number of anilines is 1. The van der Waals surface area contributed by atoms with Gasteiger partial charge in [0.05, 0.1) is 16.0 Å². The highest BCUT2D eigenvalue weighted by Gasteiger charge is 2.18. The van der Waals surface area contributed by atoms with E-state index in [2.05, 4.69) is 10.3 Å². The molecule has 21 heavy (non-hydrogen) atoms. The van der Waals surface area contributed by atoms with Gasteiger partial charge in [0.1, 0.15) is 16.7 Å². The standard InChI is InChI=1S/C14H11ClF2N2OS/c1-8(21-14-10(15)3-2-6-18-14)13(20)19-12-7-9(16)4-5-11(12)17/h2-8H,1H3,(H,19,20). The second kappa shape index (κ2) is 6.87. The Bertz CT molecular complexity index is 669. The van der Waals surface area contributed by atoms with Gasteiger partial charge in [0, 0.05) is 12.3 Å². The Hall–Kier alpha value is -1.66. The van der Waals surface area contributed by atoms with Crippen molar-refractivity contribution in [1.82, 2.24) is 4.98 Å². The number of aromatic nitrogens is 1. The first-order valence-electron chi connectivity index (χ1n) is 6.00. The molecule has 0 bridgehead atoms. The largest absolute Gasteiger partial charge is 0.323 e. The molecule has 1 aromatic heterocycles. The lowest BCUT2D eigenvalue weighted by atomic mass is 10.3. The van der Waals surface area contributed by atoms with Gasteiger partial charge in [0.25, 0.3) is 0 Å². The Morgan fingerprint density at radius 3 is 2.86 bits per heavy atom. The number of amides is 1. The van der Waals surface area contributed by atoms with Gasteiger partial charge in [-0.1, -0.05) is 23.4 Å². The molecule has 1 aromatic carbocycles. The number of thioether (sulfide) groups is 1.